The molecule has 0 bridgehead atoms. The van der Waals surface area contributed by atoms with Crippen molar-refractivity contribution in [2.24, 2.45) is 5.92 Å². The van der Waals surface area contributed by atoms with Crippen molar-refractivity contribution >= 4 is 17.7 Å². The molecule has 6 heteroatoms. The smallest absolute Gasteiger partial charge is 0.262 e. The van der Waals surface area contributed by atoms with Crippen LogP contribution in [0, 0.1) is 12.8 Å². The van der Waals surface area contributed by atoms with E-state index in [4.69, 9.17) is 0 Å². The molecule has 0 spiro atoms. The van der Waals surface area contributed by atoms with Crippen LogP contribution in [0.3, 0.4) is 0 Å². The lowest BCUT2D eigenvalue weighted by atomic mass is 10.0. The highest BCUT2D eigenvalue weighted by atomic mass is 16.2. The van der Waals surface area contributed by atoms with Gasteiger partial charge < -0.3 is 10.6 Å². The van der Waals surface area contributed by atoms with Crippen molar-refractivity contribution < 1.29 is 14.4 Å². The van der Waals surface area contributed by atoms with E-state index in [1.54, 1.807) is 25.1 Å². The minimum atomic E-state index is -0.805. The lowest BCUT2D eigenvalue weighted by molar-refractivity contribution is -0.124. The molecule has 2 aliphatic rings. The van der Waals surface area contributed by atoms with E-state index >= 15 is 0 Å². The molecule has 0 aliphatic carbocycles. The van der Waals surface area contributed by atoms with Gasteiger partial charge in [-0.05, 0) is 26.0 Å². The number of nitrogens with zero attached hydrogens (tertiary/aromatic N) is 1. The Balaban J connectivity index is 1.73. The number of amides is 3. The van der Waals surface area contributed by atoms with Gasteiger partial charge >= 0.3 is 0 Å². The van der Waals surface area contributed by atoms with Crippen LogP contribution in [0.5, 0.6) is 0 Å². The molecule has 2 aliphatic heterocycles. The summed E-state index contributed by atoms with van der Waals surface area (Å²) in [6.45, 7) is 5.80. The van der Waals surface area contributed by atoms with E-state index in [1.807, 2.05) is 6.92 Å². The molecule has 116 valence electrons. The number of carbonyl (C=O) groups excluding carboxylic acids is 3. The van der Waals surface area contributed by atoms with E-state index in [0.29, 0.717) is 23.6 Å². The van der Waals surface area contributed by atoms with Crippen molar-refractivity contribution in [1.82, 2.24) is 15.5 Å². The summed E-state index contributed by atoms with van der Waals surface area (Å²) >= 11 is 0. The van der Waals surface area contributed by atoms with Crippen molar-refractivity contribution in [3.63, 3.8) is 0 Å². The van der Waals surface area contributed by atoms with Gasteiger partial charge in [-0.1, -0.05) is 11.6 Å². The molecule has 1 saturated heterocycles. The van der Waals surface area contributed by atoms with Crippen LogP contribution in [0.1, 0.15) is 33.2 Å². The first kappa shape index (κ1) is 14.7. The number of hydrogen-bond donors (Lipinski definition) is 2. The summed E-state index contributed by atoms with van der Waals surface area (Å²) in [6, 6.07) is 4.33. The van der Waals surface area contributed by atoms with Crippen LogP contribution in [-0.2, 0) is 4.79 Å². The molecule has 1 atom stereocenters. The molecule has 22 heavy (non-hydrogen) atoms. The average Bonchev–Trinajstić information content (AvgIpc) is 2.68. The zero-order chi connectivity index (χ0) is 15.9. The predicted octanol–water partition coefficient (Wildman–Crippen LogP) is 0.315. The fourth-order valence-corrected chi connectivity index (χ4v) is 2.73. The van der Waals surface area contributed by atoms with Crippen LogP contribution < -0.4 is 10.6 Å². The van der Waals surface area contributed by atoms with Crippen molar-refractivity contribution in [2.45, 2.75) is 19.9 Å². The van der Waals surface area contributed by atoms with Crippen molar-refractivity contribution in [1.29, 1.82) is 0 Å². The van der Waals surface area contributed by atoms with Gasteiger partial charge in [0.05, 0.1) is 11.1 Å². The first-order valence-corrected chi connectivity index (χ1v) is 7.46. The Bertz CT molecular complexity index is 652. The maximum absolute atomic E-state index is 12.4. The van der Waals surface area contributed by atoms with Crippen LogP contribution >= 0.6 is 0 Å². The van der Waals surface area contributed by atoms with Crippen LogP contribution in [0.4, 0.5) is 0 Å². The van der Waals surface area contributed by atoms with Gasteiger partial charge in [-0.3, -0.25) is 19.3 Å². The third-order valence-electron chi connectivity index (χ3n) is 4.27. The molecular weight excluding hydrogens is 282 g/mol. The number of aryl methyl sites for hydroxylation is 1. The van der Waals surface area contributed by atoms with Gasteiger partial charge in [0.25, 0.3) is 11.8 Å². The molecule has 2 N–H and O–H groups in total. The Morgan fingerprint density at radius 1 is 1.32 bits per heavy atom. The van der Waals surface area contributed by atoms with E-state index < -0.39 is 17.9 Å². The maximum atomic E-state index is 12.4. The van der Waals surface area contributed by atoms with Gasteiger partial charge in [-0.15, -0.1) is 0 Å². The second-order valence-corrected chi connectivity index (χ2v) is 5.97. The standard InChI is InChI=1S/C16H19N3O3/c1-9-3-4-12-13(5-9)16(22)19(15(12)21)10(2)14(20)18-8-11-6-17-7-11/h3-5,10-11,17H,6-8H2,1-2H3,(H,18,20). The minimum absolute atomic E-state index is 0.293. The molecule has 0 radical (unpaired) electrons. The van der Waals surface area contributed by atoms with E-state index in [1.165, 1.54) is 0 Å². The number of hydrogen-bond acceptors (Lipinski definition) is 4. The number of rotatable bonds is 4. The van der Waals surface area contributed by atoms with Crippen LogP contribution in [0.2, 0.25) is 0 Å². The Morgan fingerprint density at radius 3 is 2.64 bits per heavy atom. The molecular formula is C16H19N3O3. The topological polar surface area (TPSA) is 78.5 Å². The molecule has 1 fully saturated rings. The number of nitrogens with one attached hydrogen (secondary N) is 2. The summed E-state index contributed by atoms with van der Waals surface area (Å²) in [4.78, 5) is 38.1. The monoisotopic (exact) mass is 301 g/mol. The van der Waals surface area contributed by atoms with Crippen molar-refractivity contribution in [2.75, 3.05) is 19.6 Å². The zero-order valence-corrected chi connectivity index (χ0v) is 12.7. The molecule has 1 aromatic carbocycles. The largest absolute Gasteiger partial charge is 0.354 e. The van der Waals surface area contributed by atoms with E-state index in [-0.39, 0.29) is 5.91 Å². The molecule has 2 heterocycles. The summed E-state index contributed by atoms with van der Waals surface area (Å²) in [5, 5.41) is 5.95. The van der Waals surface area contributed by atoms with Gasteiger partial charge in [0.15, 0.2) is 0 Å². The molecule has 1 aromatic rings. The van der Waals surface area contributed by atoms with Gasteiger partial charge in [-0.25, -0.2) is 0 Å². The number of carbonyl (C=O) groups is 3. The average molecular weight is 301 g/mol. The lowest BCUT2D eigenvalue weighted by Crippen LogP contribution is -2.52. The third kappa shape index (κ3) is 2.39. The summed E-state index contributed by atoms with van der Waals surface area (Å²) < 4.78 is 0. The predicted molar refractivity (Wildman–Crippen MR) is 80.5 cm³/mol. The molecule has 3 amide bonds. The first-order valence-electron chi connectivity index (χ1n) is 7.46. The molecule has 0 saturated carbocycles. The Hall–Kier alpha value is -2.21. The molecule has 6 nitrogen and oxygen atoms in total. The Morgan fingerprint density at radius 2 is 2.00 bits per heavy atom. The van der Waals surface area contributed by atoms with Crippen LogP contribution in [-0.4, -0.2) is 48.3 Å². The van der Waals surface area contributed by atoms with Crippen LogP contribution in [0.25, 0.3) is 0 Å². The maximum Gasteiger partial charge on any atom is 0.262 e. The second kappa shape index (κ2) is 5.53. The fraction of sp³-hybridized carbons (Fsp3) is 0.438. The van der Waals surface area contributed by atoms with Crippen LogP contribution in [0.15, 0.2) is 18.2 Å². The number of benzene rings is 1. The summed E-state index contributed by atoms with van der Waals surface area (Å²) in [5.74, 6) is -0.649. The Labute approximate surface area is 128 Å². The van der Waals surface area contributed by atoms with E-state index in [9.17, 15) is 14.4 Å². The molecule has 1 unspecified atom stereocenters. The van der Waals surface area contributed by atoms with Gasteiger partial charge in [0.1, 0.15) is 6.04 Å². The zero-order valence-electron chi connectivity index (χ0n) is 12.7. The normalized spacial score (nSPS) is 18.9. The van der Waals surface area contributed by atoms with E-state index in [0.717, 1.165) is 23.6 Å². The highest BCUT2D eigenvalue weighted by Crippen LogP contribution is 2.25. The summed E-state index contributed by atoms with van der Waals surface area (Å²) in [5.41, 5.74) is 1.67. The molecule has 3 rings (SSSR count). The Kier molecular flexibility index (Phi) is 3.70. The fourth-order valence-electron chi connectivity index (χ4n) is 2.73. The minimum Gasteiger partial charge on any atom is -0.354 e. The van der Waals surface area contributed by atoms with Gasteiger partial charge in [0.2, 0.25) is 5.91 Å². The highest BCUT2D eigenvalue weighted by Gasteiger charge is 2.40. The lowest BCUT2D eigenvalue weighted by Gasteiger charge is -2.28. The summed E-state index contributed by atoms with van der Waals surface area (Å²) in [6.07, 6.45) is 0. The quantitative estimate of drug-likeness (QED) is 0.785. The first-order chi connectivity index (χ1) is 10.5. The van der Waals surface area contributed by atoms with Crippen molar-refractivity contribution in [3.05, 3.63) is 34.9 Å². The summed E-state index contributed by atoms with van der Waals surface area (Å²) in [7, 11) is 0. The van der Waals surface area contributed by atoms with Crippen molar-refractivity contribution in [3.8, 4) is 0 Å². The van der Waals surface area contributed by atoms with Gasteiger partial charge in [0, 0.05) is 25.6 Å². The SMILES string of the molecule is Cc1ccc2c(c1)C(=O)N(C(C)C(=O)NCC1CNC1)C2=O. The van der Waals surface area contributed by atoms with E-state index in [2.05, 4.69) is 10.6 Å². The number of imide groups is 1. The highest BCUT2D eigenvalue weighted by molar-refractivity contribution is 6.22. The third-order valence-corrected chi connectivity index (χ3v) is 4.27. The second-order valence-electron chi connectivity index (χ2n) is 5.97. The molecule has 0 aromatic heterocycles. The number of fused-ring (bicyclic) bond motifs is 1. The van der Waals surface area contributed by atoms with Gasteiger partial charge in [-0.2, -0.15) is 0 Å².